The molecule has 0 bridgehead atoms. The van der Waals surface area contributed by atoms with Crippen LogP contribution in [0.1, 0.15) is 20.3 Å². The van der Waals surface area contributed by atoms with Crippen LogP contribution in [-0.4, -0.2) is 47.3 Å². The Morgan fingerprint density at radius 3 is 2.72 bits per heavy atom. The zero-order chi connectivity index (χ0) is 13.0. The lowest BCUT2D eigenvalue weighted by molar-refractivity contribution is 0.195. The first-order valence-corrected chi connectivity index (χ1v) is 6.61. The van der Waals surface area contributed by atoms with Gasteiger partial charge in [0.05, 0.1) is 12.6 Å². The maximum atomic E-state index is 5.93. The van der Waals surface area contributed by atoms with Crippen molar-refractivity contribution >= 4 is 23.5 Å². The molecule has 6 nitrogen and oxygen atoms in total. The number of aromatic nitrogens is 3. The Labute approximate surface area is 112 Å². The summed E-state index contributed by atoms with van der Waals surface area (Å²) in [6.45, 7) is 7.24. The minimum Gasteiger partial charge on any atom is -0.379 e. The van der Waals surface area contributed by atoms with E-state index in [0.29, 0.717) is 18.5 Å². The summed E-state index contributed by atoms with van der Waals surface area (Å²) < 4.78 is 5.30. The van der Waals surface area contributed by atoms with Gasteiger partial charge in [-0.2, -0.15) is 15.0 Å². The highest BCUT2D eigenvalue weighted by Gasteiger charge is 2.18. The summed E-state index contributed by atoms with van der Waals surface area (Å²) >= 11 is 5.93. The molecule has 18 heavy (non-hydrogen) atoms. The third-order valence-electron chi connectivity index (χ3n) is 2.91. The Morgan fingerprint density at radius 2 is 2.11 bits per heavy atom. The summed E-state index contributed by atoms with van der Waals surface area (Å²) in [6, 6.07) is 0.257. The van der Waals surface area contributed by atoms with Crippen LogP contribution in [0.15, 0.2) is 0 Å². The summed E-state index contributed by atoms with van der Waals surface area (Å²) in [5.41, 5.74) is 0. The van der Waals surface area contributed by atoms with Crippen molar-refractivity contribution in [2.75, 3.05) is 36.5 Å². The van der Waals surface area contributed by atoms with Crippen molar-refractivity contribution in [1.29, 1.82) is 0 Å². The Balaban J connectivity index is 2.14. The summed E-state index contributed by atoms with van der Waals surface area (Å²) in [5.74, 6) is 1.13. The van der Waals surface area contributed by atoms with Gasteiger partial charge in [-0.05, 0) is 31.9 Å². The van der Waals surface area contributed by atoms with E-state index in [-0.39, 0.29) is 11.3 Å². The molecular weight excluding hydrogens is 254 g/mol. The van der Waals surface area contributed by atoms with Crippen LogP contribution in [0.25, 0.3) is 0 Å². The number of hydrogen-bond donors (Lipinski definition) is 1. The molecule has 0 radical (unpaired) electrons. The second kappa shape index (κ2) is 6.15. The summed E-state index contributed by atoms with van der Waals surface area (Å²) in [5, 5.41) is 3.44. The maximum Gasteiger partial charge on any atom is 0.231 e. The van der Waals surface area contributed by atoms with E-state index in [0.717, 1.165) is 26.1 Å². The molecule has 0 amide bonds. The number of anilines is 2. The number of nitrogens with one attached hydrogen (secondary N) is 1. The van der Waals surface area contributed by atoms with Crippen LogP contribution in [0, 0.1) is 0 Å². The molecule has 2 rings (SSSR count). The number of nitrogens with zero attached hydrogens (tertiary/aromatic N) is 4. The Bertz CT molecular complexity index is 393. The van der Waals surface area contributed by atoms with Crippen molar-refractivity contribution < 1.29 is 4.74 Å². The lowest BCUT2D eigenvalue weighted by atomic mass is 10.3. The van der Waals surface area contributed by atoms with Gasteiger partial charge in [-0.3, -0.25) is 0 Å². The van der Waals surface area contributed by atoms with Gasteiger partial charge in [-0.1, -0.05) is 0 Å². The second-order valence-corrected chi connectivity index (χ2v) is 4.44. The van der Waals surface area contributed by atoms with Crippen molar-refractivity contribution in [3.63, 3.8) is 0 Å². The van der Waals surface area contributed by atoms with E-state index in [1.165, 1.54) is 0 Å². The Hall–Kier alpha value is -1.14. The van der Waals surface area contributed by atoms with Gasteiger partial charge < -0.3 is 15.0 Å². The van der Waals surface area contributed by atoms with E-state index < -0.39 is 0 Å². The fraction of sp³-hybridized carbons (Fsp3) is 0.727. The zero-order valence-corrected chi connectivity index (χ0v) is 11.4. The molecule has 1 fully saturated rings. The topological polar surface area (TPSA) is 63.2 Å². The van der Waals surface area contributed by atoms with Crippen LogP contribution in [0.3, 0.4) is 0 Å². The monoisotopic (exact) mass is 271 g/mol. The third-order valence-corrected chi connectivity index (χ3v) is 3.07. The third kappa shape index (κ3) is 3.20. The van der Waals surface area contributed by atoms with Crippen LogP contribution in [0.5, 0.6) is 0 Å². The molecule has 7 heteroatoms. The number of rotatable bonds is 5. The van der Waals surface area contributed by atoms with Crippen molar-refractivity contribution in [3.8, 4) is 0 Å². The molecule has 2 heterocycles. The fourth-order valence-electron chi connectivity index (χ4n) is 1.88. The van der Waals surface area contributed by atoms with Crippen LogP contribution in [0.4, 0.5) is 11.9 Å². The van der Waals surface area contributed by atoms with E-state index in [4.69, 9.17) is 16.3 Å². The van der Waals surface area contributed by atoms with Crippen LogP contribution in [0.2, 0.25) is 5.28 Å². The molecular formula is C11H18ClN5O. The van der Waals surface area contributed by atoms with Gasteiger partial charge in [0.2, 0.25) is 17.2 Å². The van der Waals surface area contributed by atoms with Crippen molar-refractivity contribution in [2.24, 2.45) is 0 Å². The van der Waals surface area contributed by atoms with Gasteiger partial charge in [-0.15, -0.1) is 0 Å². The van der Waals surface area contributed by atoms with E-state index in [9.17, 15) is 0 Å². The highest BCUT2D eigenvalue weighted by atomic mass is 35.5. The van der Waals surface area contributed by atoms with Crippen LogP contribution in [-0.2, 0) is 4.74 Å². The highest BCUT2D eigenvalue weighted by Crippen LogP contribution is 2.16. The second-order valence-electron chi connectivity index (χ2n) is 4.11. The van der Waals surface area contributed by atoms with Gasteiger partial charge >= 0.3 is 0 Å². The van der Waals surface area contributed by atoms with Gasteiger partial charge in [0, 0.05) is 19.7 Å². The predicted molar refractivity (Wildman–Crippen MR) is 71.2 cm³/mol. The average Bonchev–Trinajstić information content (AvgIpc) is 2.83. The lowest BCUT2D eigenvalue weighted by Crippen LogP contribution is -2.26. The maximum absolute atomic E-state index is 5.93. The van der Waals surface area contributed by atoms with Gasteiger partial charge in [-0.25, -0.2) is 0 Å². The largest absolute Gasteiger partial charge is 0.379 e. The minimum atomic E-state index is 0.216. The summed E-state index contributed by atoms with van der Waals surface area (Å²) in [7, 11) is 0. The minimum absolute atomic E-state index is 0.216. The van der Waals surface area contributed by atoms with Crippen molar-refractivity contribution in [3.05, 3.63) is 5.28 Å². The molecule has 1 aliphatic heterocycles. The first-order chi connectivity index (χ1) is 8.72. The Kier molecular flexibility index (Phi) is 4.54. The molecule has 0 aromatic carbocycles. The first-order valence-electron chi connectivity index (χ1n) is 6.23. The standard InChI is InChI=1S/C11H18ClN5O/c1-3-17(4-2)11-15-9(12)14-10(16-11)13-8-5-6-18-7-8/h8H,3-7H2,1-2H3,(H,13,14,15,16). The van der Waals surface area contributed by atoms with E-state index in [1.54, 1.807) is 0 Å². The molecule has 1 saturated heterocycles. The average molecular weight is 272 g/mol. The molecule has 1 aliphatic rings. The van der Waals surface area contributed by atoms with Crippen LogP contribution < -0.4 is 10.2 Å². The molecule has 1 N–H and O–H groups in total. The van der Waals surface area contributed by atoms with Gasteiger partial charge in [0.15, 0.2) is 0 Å². The number of halogens is 1. The number of hydrogen-bond acceptors (Lipinski definition) is 6. The van der Waals surface area contributed by atoms with Gasteiger partial charge in [0.1, 0.15) is 0 Å². The van der Waals surface area contributed by atoms with Crippen molar-refractivity contribution in [1.82, 2.24) is 15.0 Å². The van der Waals surface area contributed by atoms with E-state index in [2.05, 4.69) is 34.1 Å². The normalized spacial score (nSPS) is 18.9. The molecule has 1 aromatic rings. The van der Waals surface area contributed by atoms with Crippen molar-refractivity contribution in [2.45, 2.75) is 26.3 Å². The molecule has 0 saturated carbocycles. The lowest BCUT2D eigenvalue weighted by Gasteiger charge is -2.19. The van der Waals surface area contributed by atoms with Gasteiger partial charge in [0.25, 0.3) is 0 Å². The molecule has 100 valence electrons. The molecule has 1 aromatic heterocycles. The zero-order valence-electron chi connectivity index (χ0n) is 10.7. The fourth-order valence-corrected chi connectivity index (χ4v) is 2.04. The predicted octanol–water partition coefficient (Wildman–Crippen LogP) is 1.57. The molecule has 1 atom stereocenters. The van der Waals surface area contributed by atoms with E-state index >= 15 is 0 Å². The molecule has 1 unspecified atom stereocenters. The smallest absolute Gasteiger partial charge is 0.231 e. The van der Waals surface area contributed by atoms with Crippen LogP contribution >= 0.6 is 11.6 Å². The highest BCUT2D eigenvalue weighted by molar-refractivity contribution is 6.28. The Morgan fingerprint density at radius 1 is 1.33 bits per heavy atom. The number of ether oxygens (including phenoxy) is 1. The molecule has 0 aliphatic carbocycles. The van der Waals surface area contributed by atoms with E-state index in [1.807, 2.05) is 4.90 Å². The first kappa shape index (κ1) is 13.3. The summed E-state index contributed by atoms with van der Waals surface area (Å²) in [4.78, 5) is 14.7. The summed E-state index contributed by atoms with van der Waals surface area (Å²) in [6.07, 6.45) is 0.962. The molecule has 0 spiro atoms. The SMILES string of the molecule is CCN(CC)c1nc(Cl)nc(NC2CCOC2)n1. The quantitative estimate of drug-likeness (QED) is 0.877.